The van der Waals surface area contributed by atoms with Crippen molar-refractivity contribution in [1.29, 1.82) is 0 Å². The molecule has 1 heterocycles. The number of hydrogen-bond acceptors (Lipinski definition) is 3. The van der Waals surface area contributed by atoms with Crippen molar-refractivity contribution >= 4 is 60.7 Å². The number of carbonyl (C=O) groups excluding carboxylic acids is 1. The van der Waals surface area contributed by atoms with Crippen LogP contribution in [0.3, 0.4) is 0 Å². The lowest BCUT2D eigenvalue weighted by Crippen LogP contribution is -2.14. The number of nitrogens with zero attached hydrogens (tertiary/aromatic N) is 1. The summed E-state index contributed by atoms with van der Waals surface area (Å²) < 4.78 is 1.36. The van der Waals surface area contributed by atoms with E-state index in [0.717, 1.165) is 0 Å². The van der Waals surface area contributed by atoms with E-state index < -0.39 is 0 Å². The number of amides is 1. The topological polar surface area (TPSA) is 68.0 Å². The summed E-state index contributed by atoms with van der Waals surface area (Å²) in [6.07, 6.45) is 1.42. The minimum absolute atomic E-state index is 0.278. The molecule has 0 aliphatic carbocycles. The number of hydrogen-bond donors (Lipinski definition) is 2. The third-order valence-electron chi connectivity index (χ3n) is 2.26. The van der Waals surface area contributed by atoms with Crippen LogP contribution in [0.4, 0.5) is 11.4 Å². The number of carbonyl (C=O) groups is 1. The summed E-state index contributed by atoms with van der Waals surface area (Å²) in [7, 11) is 0. The predicted octanol–water partition coefficient (Wildman–Crippen LogP) is 4.09. The Balaban J connectivity index is 2.26. The molecule has 0 bridgehead atoms. The number of nitrogens with one attached hydrogen (secondary N) is 1. The van der Waals surface area contributed by atoms with Crippen LogP contribution in [0.1, 0.15) is 10.5 Å². The average Bonchev–Trinajstić information content (AvgIpc) is 2.34. The average molecular weight is 405 g/mol. The van der Waals surface area contributed by atoms with E-state index in [1.807, 2.05) is 0 Å². The Morgan fingerprint density at radius 2 is 1.89 bits per heavy atom. The molecule has 0 unspecified atom stereocenters. The second-order valence-corrected chi connectivity index (χ2v) is 5.82. The van der Waals surface area contributed by atoms with E-state index in [-0.39, 0.29) is 11.6 Å². The Kier molecular flexibility index (Phi) is 4.44. The van der Waals surface area contributed by atoms with Crippen LogP contribution in [0.15, 0.2) is 39.4 Å². The lowest BCUT2D eigenvalue weighted by atomic mass is 10.2. The van der Waals surface area contributed by atoms with Crippen LogP contribution in [-0.4, -0.2) is 10.9 Å². The first-order chi connectivity index (χ1) is 8.97. The normalized spacial score (nSPS) is 10.3. The molecule has 0 atom stereocenters. The SMILES string of the molecule is Nc1cc(Br)c(NC(=O)c2ccc(Cl)cn2)c(Br)c1. The second-order valence-electron chi connectivity index (χ2n) is 3.68. The highest BCUT2D eigenvalue weighted by molar-refractivity contribution is 9.11. The molecule has 1 aromatic carbocycles. The predicted molar refractivity (Wildman–Crippen MR) is 83.5 cm³/mol. The third-order valence-corrected chi connectivity index (χ3v) is 3.74. The van der Waals surface area contributed by atoms with Crippen molar-refractivity contribution in [2.75, 3.05) is 11.1 Å². The van der Waals surface area contributed by atoms with Crippen LogP contribution in [0.2, 0.25) is 5.02 Å². The summed E-state index contributed by atoms with van der Waals surface area (Å²) in [5.74, 6) is -0.331. The maximum atomic E-state index is 12.0. The van der Waals surface area contributed by atoms with Gasteiger partial charge in [-0.05, 0) is 56.1 Å². The van der Waals surface area contributed by atoms with Crippen LogP contribution in [-0.2, 0) is 0 Å². The monoisotopic (exact) mass is 403 g/mol. The molecule has 2 aromatic rings. The fourth-order valence-electron chi connectivity index (χ4n) is 1.40. The summed E-state index contributed by atoms with van der Waals surface area (Å²) in [4.78, 5) is 16.0. The molecule has 0 spiro atoms. The Morgan fingerprint density at radius 3 is 2.42 bits per heavy atom. The molecule has 0 aliphatic rings. The minimum Gasteiger partial charge on any atom is -0.399 e. The molecule has 0 saturated heterocycles. The number of aromatic nitrogens is 1. The van der Waals surface area contributed by atoms with Gasteiger partial charge in [0.15, 0.2) is 0 Å². The van der Waals surface area contributed by atoms with Crippen molar-refractivity contribution in [2.45, 2.75) is 0 Å². The number of halogens is 3. The van der Waals surface area contributed by atoms with Gasteiger partial charge in [0.2, 0.25) is 0 Å². The van der Waals surface area contributed by atoms with E-state index in [2.05, 4.69) is 42.2 Å². The minimum atomic E-state index is -0.331. The van der Waals surface area contributed by atoms with Crippen molar-refractivity contribution in [1.82, 2.24) is 4.98 Å². The summed E-state index contributed by atoms with van der Waals surface area (Å²) in [5, 5.41) is 3.23. The van der Waals surface area contributed by atoms with Gasteiger partial charge in [0, 0.05) is 20.8 Å². The molecule has 2 rings (SSSR count). The Morgan fingerprint density at radius 1 is 1.26 bits per heavy atom. The number of pyridine rings is 1. The van der Waals surface area contributed by atoms with Gasteiger partial charge in [-0.2, -0.15) is 0 Å². The zero-order valence-electron chi connectivity index (χ0n) is 9.45. The molecular weight excluding hydrogens is 397 g/mol. The van der Waals surface area contributed by atoms with E-state index in [0.29, 0.717) is 25.3 Å². The van der Waals surface area contributed by atoms with Crippen molar-refractivity contribution < 1.29 is 4.79 Å². The van der Waals surface area contributed by atoms with Gasteiger partial charge in [-0.25, -0.2) is 4.98 Å². The molecule has 0 radical (unpaired) electrons. The first-order valence-corrected chi connectivity index (χ1v) is 7.11. The zero-order valence-corrected chi connectivity index (χ0v) is 13.4. The number of benzene rings is 1. The summed E-state index contributed by atoms with van der Waals surface area (Å²) in [5.41, 5.74) is 7.14. The van der Waals surface area contributed by atoms with Crippen LogP contribution >= 0.6 is 43.5 Å². The van der Waals surface area contributed by atoms with Crippen molar-refractivity contribution in [2.24, 2.45) is 0 Å². The van der Waals surface area contributed by atoms with Gasteiger partial charge in [-0.3, -0.25) is 4.79 Å². The highest BCUT2D eigenvalue weighted by Crippen LogP contribution is 2.33. The number of nitrogen functional groups attached to an aromatic ring is 1. The maximum Gasteiger partial charge on any atom is 0.274 e. The first kappa shape index (κ1) is 14.3. The van der Waals surface area contributed by atoms with Gasteiger partial charge in [-0.1, -0.05) is 11.6 Å². The fraction of sp³-hybridized carbons (Fsp3) is 0. The standard InChI is InChI=1S/C12H8Br2ClN3O/c13-8-3-7(16)4-9(14)11(8)18-12(19)10-2-1-6(15)5-17-10/h1-5H,16H2,(H,18,19). The largest absolute Gasteiger partial charge is 0.399 e. The Labute approximate surface area is 131 Å². The molecule has 0 fully saturated rings. The molecule has 4 nitrogen and oxygen atoms in total. The van der Waals surface area contributed by atoms with Gasteiger partial charge < -0.3 is 11.1 Å². The molecule has 0 saturated carbocycles. The molecule has 1 aromatic heterocycles. The highest BCUT2D eigenvalue weighted by atomic mass is 79.9. The second kappa shape index (κ2) is 5.90. The van der Waals surface area contributed by atoms with E-state index in [1.165, 1.54) is 6.20 Å². The molecule has 0 aliphatic heterocycles. The fourth-order valence-corrected chi connectivity index (χ4v) is 2.93. The van der Waals surface area contributed by atoms with E-state index in [9.17, 15) is 4.79 Å². The van der Waals surface area contributed by atoms with E-state index in [1.54, 1.807) is 24.3 Å². The zero-order chi connectivity index (χ0) is 14.0. The van der Waals surface area contributed by atoms with Gasteiger partial charge in [0.05, 0.1) is 10.7 Å². The van der Waals surface area contributed by atoms with E-state index >= 15 is 0 Å². The van der Waals surface area contributed by atoms with Gasteiger partial charge >= 0.3 is 0 Å². The maximum absolute atomic E-state index is 12.0. The lowest BCUT2D eigenvalue weighted by Gasteiger charge is -2.10. The summed E-state index contributed by atoms with van der Waals surface area (Å²) >= 11 is 12.4. The van der Waals surface area contributed by atoms with E-state index in [4.69, 9.17) is 17.3 Å². The molecular formula is C12H8Br2ClN3O. The molecule has 1 amide bonds. The molecule has 19 heavy (non-hydrogen) atoms. The molecule has 3 N–H and O–H groups in total. The van der Waals surface area contributed by atoms with Gasteiger partial charge in [-0.15, -0.1) is 0 Å². The lowest BCUT2D eigenvalue weighted by molar-refractivity contribution is 0.102. The smallest absolute Gasteiger partial charge is 0.274 e. The summed E-state index contributed by atoms with van der Waals surface area (Å²) in [6.45, 7) is 0. The van der Waals surface area contributed by atoms with Gasteiger partial charge in [0.25, 0.3) is 5.91 Å². The number of rotatable bonds is 2. The van der Waals surface area contributed by atoms with Gasteiger partial charge in [0.1, 0.15) is 5.69 Å². The Bertz CT molecular complexity index is 608. The van der Waals surface area contributed by atoms with Crippen molar-refractivity contribution in [3.8, 4) is 0 Å². The van der Waals surface area contributed by atoms with Crippen LogP contribution in [0, 0.1) is 0 Å². The number of anilines is 2. The van der Waals surface area contributed by atoms with Crippen molar-refractivity contribution in [3.63, 3.8) is 0 Å². The third kappa shape index (κ3) is 3.46. The van der Waals surface area contributed by atoms with Crippen LogP contribution in [0.5, 0.6) is 0 Å². The molecule has 98 valence electrons. The first-order valence-electron chi connectivity index (χ1n) is 5.15. The quantitative estimate of drug-likeness (QED) is 0.740. The van der Waals surface area contributed by atoms with Crippen LogP contribution < -0.4 is 11.1 Å². The summed E-state index contributed by atoms with van der Waals surface area (Å²) in [6, 6.07) is 6.57. The highest BCUT2D eigenvalue weighted by Gasteiger charge is 2.12. The Hall–Kier alpha value is -1.11. The van der Waals surface area contributed by atoms with Crippen molar-refractivity contribution in [3.05, 3.63) is 50.1 Å². The molecule has 7 heteroatoms. The van der Waals surface area contributed by atoms with Crippen LogP contribution in [0.25, 0.3) is 0 Å². The number of nitrogens with two attached hydrogens (primary N) is 1.